The van der Waals surface area contributed by atoms with Gasteiger partial charge in [0.15, 0.2) is 0 Å². The summed E-state index contributed by atoms with van der Waals surface area (Å²) in [5, 5.41) is 23.4. The van der Waals surface area contributed by atoms with Crippen molar-refractivity contribution in [1.29, 1.82) is 0 Å². The number of aliphatic carboxylic acids is 1. The average molecular weight is 258 g/mol. The summed E-state index contributed by atoms with van der Waals surface area (Å²) in [6.07, 6.45) is 1.97. The van der Waals surface area contributed by atoms with Crippen molar-refractivity contribution in [1.82, 2.24) is 10.6 Å². The van der Waals surface area contributed by atoms with E-state index >= 15 is 0 Å². The molecule has 1 rings (SSSR count). The predicted molar refractivity (Wildman–Crippen MR) is 66.0 cm³/mol. The SMILES string of the molecule is CC(C)(C(=O)N[C@@H](CO)C(=O)O)C1CCCNC1. The fraction of sp³-hybridized carbons (Fsp3) is 0.833. The summed E-state index contributed by atoms with van der Waals surface area (Å²) < 4.78 is 0. The smallest absolute Gasteiger partial charge is 0.328 e. The molecule has 0 spiro atoms. The van der Waals surface area contributed by atoms with Crippen LogP contribution >= 0.6 is 0 Å². The van der Waals surface area contributed by atoms with E-state index in [1.54, 1.807) is 0 Å². The summed E-state index contributed by atoms with van der Waals surface area (Å²) in [5.74, 6) is -1.36. The summed E-state index contributed by atoms with van der Waals surface area (Å²) in [6, 6.07) is -1.23. The molecular formula is C12H22N2O4. The Balaban J connectivity index is 2.65. The third-order valence-electron chi connectivity index (χ3n) is 3.69. The van der Waals surface area contributed by atoms with Gasteiger partial charge in [-0.2, -0.15) is 0 Å². The molecule has 1 aliphatic heterocycles. The molecule has 1 heterocycles. The molecule has 1 fully saturated rings. The molecule has 104 valence electrons. The fourth-order valence-corrected chi connectivity index (χ4v) is 2.18. The number of hydrogen-bond donors (Lipinski definition) is 4. The van der Waals surface area contributed by atoms with Crippen molar-refractivity contribution in [3.8, 4) is 0 Å². The quantitative estimate of drug-likeness (QED) is 0.536. The first kappa shape index (κ1) is 14.9. The van der Waals surface area contributed by atoms with Crippen molar-refractivity contribution in [3.63, 3.8) is 0 Å². The molecule has 0 aromatic rings. The largest absolute Gasteiger partial charge is 0.480 e. The van der Waals surface area contributed by atoms with Gasteiger partial charge < -0.3 is 20.8 Å². The number of aliphatic hydroxyl groups excluding tert-OH is 1. The zero-order valence-electron chi connectivity index (χ0n) is 10.9. The molecule has 6 heteroatoms. The lowest BCUT2D eigenvalue weighted by atomic mass is 9.74. The van der Waals surface area contributed by atoms with Gasteiger partial charge in [0, 0.05) is 5.41 Å². The minimum Gasteiger partial charge on any atom is -0.480 e. The number of hydrogen-bond acceptors (Lipinski definition) is 4. The zero-order valence-corrected chi connectivity index (χ0v) is 10.9. The summed E-state index contributed by atoms with van der Waals surface area (Å²) in [5.41, 5.74) is -0.643. The van der Waals surface area contributed by atoms with Crippen molar-refractivity contribution >= 4 is 11.9 Å². The number of carboxylic acid groups (broad SMARTS) is 1. The van der Waals surface area contributed by atoms with Crippen LogP contribution in [-0.4, -0.2) is 47.8 Å². The van der Waals surface area contributed by atoms with Gasteiger partial charge in [0.1, 0.15) is 6.04 Å². The third kappa shape index (κ3) is 3.43. The molecule has 4 N–H and O–H groups in total. The zero-order chi connectivity index (χ0) is 13.8. The van der Waals surface area contributed by atoms with Crippen LogP contribution < -0.4 is 10.6 Å². The van der Waals surface area contributed by atoms with E-state index < -0.39 is 24.0 Å². The highest BCUT2D eigenvalue weighted by Gasteiger charge is 2.38. The van der Waals surface area contributed by atoms with Crippen LogP contribution in [-0.2, 0) is 9.59 Å². The molecule has 0 saturated carbocycles. The molecule has 0 aliphatic carbocycles. The van der Waals surface area contributed by atoms with Gasteiger partial charge in [-0.25, -0.2) is 4.79 Å². The molecular weight excluding hydrogens is 236 g/mol. The highest BCUT2D eigenvalue weighted by Crippen LogP contribution is 2.31. The van der Waals surface area contributed by atoms with Gasteiger partial charge in [0.05, 0.1) is 6.61 Å². The van der Waals surface area contributed by atoms with Gasteiger partial charge in [-0.05, 0) is 31.8 Å². The van der Waals surface area contributed by atoms with Crippen molar-refractivity contribution in [2.75, 3.05) is 19.7 Å². The Kier molecular flexibility index (Phi) is 5.10. The monoisotopic (exact) mass is 258 g/mol. The highest BCUT2D eigenvalue weighted by atomic mass is 16.4. The minimum atomic E-state index is -1.23. The Bertz CT molecular complexity index is 311. The van der Waals surface area contributed by atoms with Gasteiger partial charge in [0.2, 0.25) is 5.91 Å². The van der Waals surface area contributed by atoms with Crippen molar-refractivity contribution < 1.29 is 19.8 Å². The van der Waals surface area contributed by atoms with Crippen LogP contribution in [0, 0.1) is 11.3 Å². The lowest BCUT2D eigenvalue weighted by molar-refractivity contribution is -0.145. The summed E-state index contributed by atoms with van der Waals surface area (Å²) in [4.78, 5) is 22.9. The second-order valence-corrected chi connectivity index (χ2v) is 5.31. The van der Waals surface area contributed by atoms with Crippen LogP contribution in [0.1, 0.15) is 26.7 Å². The van der Waals surface area contributed by atoms with Crippen molar-refractivity contribution in [2.45, 2.75) is 32.7 Å². The maximum Gasteiger partial charge on any atom is 0.328 e. The van der Waals surface area contributed by atoms with Crippen LogP contribution in [0.15, 0.2) is 0 Å². The van der Waals surface area contributed by atoms with E-state index in [1.165, 1.54) is 0 Å². The number of nitrogens with one attached hydrogen (secondary N) is 2. The van der Waals surface area contributed by atoms with Crippen LogP contribution in [0.5, 0.6) is 0 Å². The summed E-state index contributed by atoms with van der Waals surface area (Å²) in [6.45, 7) is 4.76. The minimum absolute atomic E-state index is 0.180. The number of rotatable bonds is 5. The number of piperidine rings is 1. The van der Waals surface area contributed by atoms with Gasteiger partial charge in [-0.15, -0.1) is 0 Å². The topological polar surface area (TPSA) is 98.7 Å². The first-order chi connectivity index (χ1) is 8.39. The number of carboxylic acids is 1. The Morgan fingerprint density at radius 2 is 2.17 bits per heavy atom. The van der Waals surface area contributed by atoms with E-state index in [4.69, 9.17) is 10.2 Å². The summed E-state index contributed by atoms with van der Waals surface area (Å²) >= 11 is 0. The van der Waals surface area contributed by atoms with E-state index in [-0.39, 0.29) is 11.8 Å². The number of carbonyl (C=O) groups excluding carboxylic acids is 1. The molecule has 6 nitrogen and oxygen atoms in total. The van der Waals surface area contributed by atoms with Gasteiger partial charge in [-0.3, -0.25) is 4.79 Å². The Labute approximate surface area is 107 Å². The van der Waals surface area contributed by atoms with Crippen LogP contribution in [0.4, 0.5) is 0 Å². The summed E-state index contributed by atoms with van der Waals surface area (Å²) in [7, 11) is 0. The molecule has 0 aromatic carbocycles. The Hall–Kier alpha value is -1.14. The molecule has 1 saturated heterocycles. The van der Waals surface area contributed by atoms with Crippen LogP contribution in [0.25, 0.3) is 0 Å². The standard InChI is InChI=1S/C12H22N2O4/c1-12(2,8-4-3-5-13-6-8)11(18)14-9(7-15)10(16)17/h8-9,13,15H,3-7H2,1-2H3,(H,14,18)(H,16,17)/t8?,9-/m0/s1. The van der Waals surface area contributed by atoms with Crippen molar-refractivity contribution in [3.05, 3.63) is 0 Å². The molecule has 0 aromatic heterocycles. The molecule has 0 bridgehead atoms. The first-order valence-corrected chi connectivity index (χ1v) is 6.25. The first-order valence-electron chi connectivity index (χ1n) is 6.25. The molecule has 1 amide bonds. The highest BCUT2D eigenvalue weighted by molar-refractivity contribution is 5.87. The molecule has 2 atom stereocenters. The van der Waals surface area contributed by atoms with Gasteiger partial charge >= 0.3 is 5.97 Å². The molecule has 1 aliphatic rings. The lowest BCUT2D eigenvalue weighted by Gasteiger charge is -2.36. The van der Waals surface area contributed by atoms with Crippen molar-refractivity contribution in [2.24, 2.45) is 11.3 Å². The average Bonchev–Trinajstić information content (AvgIpc) is 2.36. The van der Waals surface area contributed by atoms with E-state index in [1.807, 2.05) is 13.8 Å². The Morgan fingerprint density at radius 1 is 1.50 bits per heavy atom. The molecule has 18 heavy (non-hydrogen) atoms. The maximum absolute atomic E-state index is 12.1. The number of amides is 1. The Morgan fingerprint density at radius 3 is 2.61 bits per heavy atom. The third-order valence-corrected chi connectivity index (χ3v) is 3.69. The second kappa shape index (κ2) is 6.15. The van der Waals surface area contributed by atoms with Crippen LogP contribution in [0.2, 0.25) is 0 Å². The predicted octanol–water partition coefficient (Wildman–Crippen LogP) is -0.426. The lowest BCUT2D eigenvalue weighted by Crippen LogP contribution is -2.52. The van der Waals surface area contributed by atoms with E-state index in [0.717, 1.165) is 25.9 Å². The normalized spacial score (nSPS) is 22.3. The maximum atomic E-state index is 12.1. The van der Waals surface area contributed by atoms with E-state index in [0.29, 0.717) is 0 Å². The molecule has 1 unspecified atom stereocenters. The molecule has 0 radical (unpaired) electrons. The number of aliphatic hydroxyl groups is 1. The van der Waals surface area contributed by atoms with Gasteiger partial charge in [-0.1, -0.05) is 13.8 Å². The fourth-order valence-electron chi connectivity index (χ4n) is 2.18. The van der Waals surface area contributed by atoms with Crippen LogP contribution in [0.3, 0.4) is 0 Å². The van der Waals surface area contributed by atoms with E-state index in [9.17, 15) is 9.59 Å². The van der Waals surface area contributed by atoms with Gasteiger partial charge in [0.25, 0.3) is 0 Å². The second-order valence-electron chi connectivity index (χ2n) is 5.31. The number of carbonyl (C=O) groups is 2. The van der Waals surface area contributed by atoms with E-state index in [2.05, 4.69) is 10.6 Å².